The maximum Gasteiger partial charge on any atom is 0.314 e. The SMILES string of the molecule is CC1(C(=O)O)CC(C(=O)O)(c2cccc(N)c2)CCC1C(F)F. The van der Waals surface area contributed by atoms with Gasteiger partial charge in [-0.1, -0.05) is 12.1 Å². The van der Waals surface area contributed by atoms with E-state index in [0.717, 1.165) is 0 Å². The molecule has 3 unspecified atom stereocenters. The molecule has 7 heteroatoms. The molecule has 0 radical (unpaired) electrons. The lowest BCUT2D eigenvalue weighted by atomic mass is 9.56. The number of halogens is 2. The molecule has 0 bridgehead atoms. The quantitative estimate of drug-likeness (QED) is 0.738. The summed E-state index contributed by atoms with van der Waals surface area (Å²) < 4.78 is 26.5. The molecule has 1 aromatic carbocycles. The highest BCUT2D eigenvalue weighted by Crippen LogP contribution is 2.53. The van der Waals surface area contributed by atoms with Gasteiger partial charge in [0, 0.05) is 11.6 Å². The van der Waals surface area contributed by atoms with E-state index in [2.05, 4.69) is 0 Å². The van der Waals surface area contributed by atoms with Gasteiger partial charge < -0.3 is 15.9 Å². The summed E-state index contributed by atoms with van der Waals surface area (Å²) in [6.07, 6.45) is -3.45. The number of carbonyl (C=O) groups is 2. The van der Waals surface area contributed by atoms with E-state index < -0.39 is 41.5 Å². The molecule has 1 aliphatic carbocycles. The third kappa shape index (κ3) is 2.75. The van der Waals surface area contributed by atoms with Crippen molar-refractivity contribution in [2.75, 3.05) is 5.73 Å². The first kappa shape index (κ1) is 17.2. The zero-order valence-corrected chi connectivity index (χ0v) is 12.6. The van der Waals surface area contributed by atoms with Crippen molar-refractivity contribution in [1.82, 2.24) is 0 Å². The van der Waals surface area contributed by atoms with Crippen LogP contribution in [-0.4, -0.2) is 28.6 Å². The molecule has 0 aromatic heterocycles. The number of benzene rings is 1. The molecule has 0 aliphatic heterocycles. The van der Waals surface area contributed by atoms with Crippen molar-refractivity contribution in [3.63, 3.8) is 0 Å². The second-order valence-corrected chi connectivity index (χ2v) is 6.39. The molecule has 4 N–H and O–H groups in total. The Balaban J connectivity index is 2.55. The summed E-state index contributed by atoms with van der Waals surface area (Å²) in [5.41, 5.74) is 3.04. The molecule has 2 rings (SSSR count). The van der Waals surface area contributed by atoms with Crippen LogP contribution in [0.2, 0.25) is 0 Å². The Hall–Kier alpha value is -2.18. The third-order valence-corrected chi connectivity index (χ3v) is 5.01. The van der Waals surface area contributed by atoms with E-state index in [1.165, 1.54) is 13.0 Å². The molecule has 1 aliphatic rings. The molecular formula is C16H19F2NO4. The minimum Gasteiger partial charge on any atom is -0.481 e. The molecule has 0 heterocycles. The Kier molecular flexibility index (Phi) is 4.32. The number of anilines is 1. The minimum atomic E-state index is -2.82. The van der Waals surface area contributed by atoms with Crippen LogP contribution in [0.25, 0.3) is 0 Å². The number of alkyl halides is 2. The van der Waals surface area contributed by atoms with Gasteiger partial charge in [0.2, 0.25) is 6.43 Å². The van der Waals surface area contributed by atoms with E-state index in [1.807, 2.05) is 0 Å². The first-order valence-corrected chi connectivity index (χ1v) is 7.24. The summed E-state index contributed by atoms with van der Waals surface area (Å²) in [4.78, 5) is 23.6. The molecule has 1 saturated carbocycles. The first-order valence-electron chi connectivity index (χ1n) is 7.24. The van der Waals surface area contributed by atoms with Crippen LogP contribution in [0.3, 0.4) is 0 Å². The number of hydrogen-bond acceptors (Lipinski definition) is 3. The first-order chi connectivity index (χ1) is 10.6. The summed E-state index contributed by atoms with van der Waals surface area (Å²) in [7, 11) is 0. The van der Waals surface area contributed by atoms with Crippen LogP contribution in [0.5, 0.6) is 0 Å². The molecule has 3 atom stereocenters. The van der Waals surface area contributed by atoms with Crippen molar-refractivity contribution in [2.24, 2.45) is 11.3 Å². The zero-order valence-electron chi connectivity index (χ0n) is 12.6. The lowest BCUT2D eigenvalue weighted by molar-refractivity contribution is -0.167. The van der Waals surface area contributed by atoms with Gasteiger partial charge >= 0.3 is 11.9 Å². The van der Waals surface area contributed by atoms with E-state index in [9.17, 15) is 28.6 Å². The Morgan fingerprint density at radius 2 is 1.96 bits per heavy atom. The highest BCUT2D eigenvalue weighted by atomic mass is 19.3. The highest BCUT2D eigenvalue weighted by molar-refractivity contribution is 5.85. The van der Waals surface area contributed by atoms with Gasteiger partial charge in [-0.15, -0.1) is 0 Å². The predicted octanol–water partition coefficient (Wildman–Crippen LogP) is 2.75. The fraction of sp³-hybridized carbons (Fsp3) is 0.500. The van der Waals surface area contributed by atoms with Gasteiger partial charge in [-0.05, 0) is 43.9 Å². The average molecular weight is 327 g/mol. The van der Waals surface area contributed by atoms with Crippen LogP contribution in [0.1, 0.15) is 31.7 Å². The van der Waals surface area contributed by atoms with E-state index in [-0.39, 0.29) is 12.8 Å². The van der Waals surface area contributed by atoms with Crippen molar-refractivity contribution < 1.29 is 28.6 Å². The monoisotopic (exact) mass is 327 g/mol. The molecule has 1 aromatic rings. The number of carboxylic acid groups (broad SMARTS) is 2. The Labute approximate surface area is 132 Å². The van der Waals surface area contributed by atoms with Crippen molar-refractivity contribution in [2.45, 2.75) is 38.0 Å². The Morgan fingerprint density at radius 3 is 2.43 bits per heavy atom. The highest BCUT2D eigenvalue weighted by Gasteiger charge is 2.58. The molecule has 0 spiro atoms. The normalized spacial score (nSPS) is 31.0. The number of rotatable bonds is 4. The standard InChI is InChI=1S/C16H19F2NO4/c1-15(13(20)21)8-16(14(22)23,6-5-11(15)12(17)18)9-3-2-4-10(19)7-9/h2-4,7,11-12H,5-6,8,19H2,1H3,(H,20,21)(H,22,23). The molecule has 0 amide bonds. The maximum atomic E-state index is 13.3. The molecular weight excluding hydrogens is 308 g/mol. The van der Waals surface area contributed by atoms with Crippen molar-refractivity contribution >= 4 is 17.6 Å². The van der Waals surface area contributed by atoms with Gasteiger partial charge in [0.15, 0.2) is 0 Å². The molecule has 23 heavy (non-hydrogen) atoms. The van der Waals surface area contributed by atoms with Crippen LogP contribution < -0.4 is 5.73 Å². The minimum absolute atomic E-state index is 0.0519. The van der Waals surface area contributed by atoms with E-state index >= 15 is 0 Å². The molecule has 126 valence electrons. The van der Waals surface area contributed by atoms with Crippen LogP contribution in [0.4, 0.5) is 14.5 Å². The fourth-order valence-corrected chi connectivity index (χ4v) is 3.59. The van der Waals surface area contributed by atoms with Gasteiger partial charge in [0.1, 0.15) is 0 Å². The van der Waals surface area contributed by atoms with Crippen molar-refractivity contribution in [3.05, 3.63) is 29.8 Å². The topological polar surface area (TPSA) is 101 Å². The lowest BCUT2D eigenvalue weighted by Gasteiger charge is -2.46. The van der Waals surface area contributed by atoms with Crippen LogP contribution in [0.15, 0.2) is 24.3 Å². The largest absolute Gasteiger partial charge is 0.481 e. The Bertz CT molecular complexity index is 636. The molecule has 5 nitrogen and oxygen atoms in total. The second-order valence-electron chi connectivity index (χ2n) is 6.39. The average Bonchev–Trinajstić information content (AvgIpc) is 2.46. The maximum absolute atomic E-state index is 13.3. The lowest BCUT2D eigenvalue weighted by Crippen LogP contribution is -2.52. The van der Waals surface area contributed by atoms with Gasteiger partial charge in [0.25, 0.3) is 0 Å². The summed E-state index contributed by atoms with van der Waals surface area (Å²) in [5.74, 6) is -4.01. The summed E-state index contributed by atoms with van der Waals surface area (Å²) >= 11 is 0. The number of aliphatic carboxylic acids is 2. The van der Waals surface area contributed by atoms with Gasteiger partial charge in [-0.3, -0.25) is 9.59 Å². The van der Waals surface area contributed by atoms with Crippen molar-refractivity contribution in [3.8, 4) is 0 Å². The molecule has 0 saturated heterocycles. The van der Waals surface area contributed by atoms with E-state index in [4.69, 9.17) is 5.73 Å². The second kappa shape index (κ2) is 5.79. The predicted molar refractivity (Wildman–Crippen MR) is 79.3 cm³/mol. The van der Waals surface area contributed by atoms with E-state index in [0.29, 0.717) is 11.3 Å². The summed E-state index contributed by atoms with van der Waals surface area (Å²) in [6.45, 7) is 1.20. The fourth-order valence-electron chi connectivity index (χ4n) is 3.59. The summed E-state index contributed by atoms with van der Waals surface area (Å²) in [6, 6.07) is 6.18. The van der Waals surface area contributed by atoms with Crippen LogP contribution in [0, 0.1) is 11.3 Å². The van der Waals surface area contributed by atoms with Crippen LogP contribution >= 0.6 is 0 Å². The van der Waals surface area contributed by atoms with Crippen molar-refractivity contribution in [1.29, 1.82) is 0 Å². The number of carboxylic acids is 2. The van der Waals surface area contributed by atoms with Gasteiger partial charge in [-0.2, -0.15) is 0 Å². The number of hydrogen-bond donors (Lipinski definition) is 3. The number of nitrogen functional groups attached to an aromatic ring is 1. The summed E-state index contributed by atoms with van der Waals surface area (Å²) in [5, 5.41) is 19.2. The Morgan fingerprint density at radius 1 is 1.30 bits per heavy atom. The van der Waals surface area contributed by atoms with E-state index in [1.54, 1.807) is 18.2 Å². The van der Waals surface area contributed by atoms with Gasteiger partial charge in [-0.25, -0.2) is 8.78 Å². The molecule has 1 fully saturated rings. The smallest absolute Gasteiger partial charge is 0.314 e. The number of nitrogens with two attached hydrogens (primary N) is 1. The zero-order chi connectivity index (χ0) is 17.4. The third-order valence-electron chi connectivity index (χ3n) is 5.01. The van der Waals surface area contributed by atoms with Gasteiger partial charge in [0.05, 0.1) is 10.8 Å². The van der Waals surface area contributed by atoms with Crippen LogP contribution in [-0.2, 0) is 15.0 Å².